The number of ether oxygens (including phenoxy) is 1. The van der Waals surface area contributed by atoms with Crippen LogP contribution in [0.2, 0.25) is 0 Å². The zero-order chi connectivity index (χ0) is 34.6. The third kappa shape index (κ3) is 5.42. The summed E-state index contributed by atoms with van der Waals surface area (Å²) in [5, 5.41) is 7.38. The van der Waals surface area contributed by atoms with Crippen molar-refractivity contribution in [3.8, 4) is 0 Å². The SMILES string of the molecule is COC(=O)N[C@]12CCC[C@@]1(C(Cn1ccnc1)(c1ccccc1)C1CCN(CC3CN(c4ccc(S(=O)(=O)c5cnn(C)c5)cc4)C3)CC1)C2. The maximum atomic E-state index is 13.0. The Morgan fingerprint density at radius 2 is 1.80 bits per heavy atom. The molecule has 3 atom stereocenters. The number of imidazole rings is 1. The van der Waals surface area contributed by atoms with Gasteiger partial charge in [0.1, 0.15) is 4.90 Å². The monoisotopic (exact) mass is 697 g/mol. The highest BCUT2D eigenvalue weighted by Gasteiger charge is 2.79. The number of carbonyl (C=O) groups is 1. The van der Waals surface area contributed by atoms with Crippen LogP contribution in [-0.2, 0) is 33.6 Å². The summed E-state index contributed by atoms with van der Waals surface area (Å²) in [5.41, 5.74) is 1.97. The molecule has 2 aliphatic heterocycles. The Labute approximate surface area is 294 Å². The molecule has 2 aliphatic carbocycles. The molecule has 4 aliphatic rings. The van der Waals surface area contributed by atoms with Crippen LogP contribution in [0.25, 0.3) is 0 Å². The molecular weight excluding hydrogens is 651 g/mol. The smallest absolute Gasteiger partial charge is 0.407 e. The molecule has 2 saturated carbocycles. The largest absolute Gasteiger partial charge is 0.453 e. The highest BCUT2D eigenvalue weighted by Crippen LogP contribution is 2.77. The Morgan fingerprint density at radius 1 is 1.04 bits per heavy atom. The fraction of sp³-hybridized carbons (Fsp3) is 0.500. The lowest BCUT2D eigenvalue weighted by Crippen LogP contribution is -2.56. The molecule has 264 valence electrons. The molecule has 1 N–H and O–H groups in total. The van der Waals surface area contributed by atoms with Crippen molar-refractivity contribution in [1.29, 1.82) is 0 Å². The number of likely N-dealkylation sites (tertiary alicyclic amines) is 1. The van der Waals surface area contributed by atoms with Gasteiger partial charge in [-0.1, -0.05) is 36.8 Å². The number of piperidine rings is 1. The van der Waals surface area contributed by atoms with Gasteiger partial charge in [-0.15, -0.1) is 0 Å². The number of aromatic nitrogens is 4. The van der Waals surface area contributed by atoms with E-state index in [0.29, 0.717) is 11.8 Å². The summed E-state index contributed by atoms with van der Waals surface area (Å²) in [6, 6.07) is 18.3. The van der Waals surface area contributed by atoms with Crippen LogP contribution < -0.4 is 10.2 Å². The number of sulfone groups is 1. The molecule has 4 heterocycles. The van der Waals surface area contributed by atoms with Gasteiger partial charge in [0, 0.05) is 74.3 Å². The number of hydrogen-bond acceptors (Lipinski definition) is 8. The van der Waals surface area contributed by atoms with E-state index in [1.807, 2.05) is 24.7 Å². The van der Waals surface area contributed by atoms with E-state index in [9.17, 15) is 13.2 Å². The van der Waals surface area contributed by atoms with Crippen molar-refractivity contribution in [1.82, 2.24) is 29.5 Å². The number of methoxy groups -OCH3 is 1. The number of fused-ring (bicyclic) bond motifs is 1. The van der Waals surface area contributed by atoms with Crippen molar-refractivity contribution in [3.05, 3.63) is 91.3 Å². The van der Waals surface area contributed by atoms with E-state index < -0.39 is 9.84 Å². The van der Waals surface area contributed by atoms with Crippen molar-refractivity contribution in [2.45, 2.75) is 65.8 Å². The predicted molar refractivity (Wildman–Crippen MR) is 189 cm³/mol. The first kappa shape index (κ1) is 33.0. The van der Waals surface area contributed by atoms with Crippen molar-refractivity contribution in [2.24, 2.45) is 24.3 Å². The van der Waals surface area contributed by atoms with Gasteiger partial charge in [0.15, 0.2) is 0 Å². The Bertz CT molecular complexity index is 1920. The van der Waals surface area contributed by atoms with Gasteiger partial charge in [-0.25, -0.2) is 18.2 Å². The number of aryl methyl sites for hydroxylation is 1. The fourth-order valence-corrected chi connectivity index (χ4v) is 11.4. The van der Waals surface area contributed by atoms with Gasteiger partial charge in [-0.3, -0.25) is 4.68 Å². The number of alkyl carbamates (subject to hydrolysis) is 1. The summed E-state index contributed by atoms with van der Waals surface area (Å²) in [4.78, 5) is 22.6. The molecule has 2 aromatic heterocycles. The lowest BCUT2D eigenvalue weighted by atomic mass is 9.56. The first-order valence-electron chi connectivity index (χ1n) is 17.9. The van der Waals surface area contributed by atoms with E-state index in [1.54, 1.807) is 19.2 Å². The van der Waals surface area contributed by atoms with Gasteiger partial charge in [-0.05, 0) is 80.9 Å². The quantitative estimate of drug-likeness (QED) is 0.236. The third-order valence-corrected chi connectivity index (χ3v) is 14.2. The second-order valence-corrected chi connectivity index (χ2v) is 17.0. The van der Waals surface area contributed by atoms with Crippen LogP contribution in [0, 0.1) is 17.3 Å². The van der Waals surface area contributed by atoms with E-state index in [1.165, 1.54) is 29.7 Å². The summed E-state index contributed by atoms with van der Waals surface area (Å²) in [5.74, 6) is 1.02. The highest BCUT2D eigenvalue weighted by molar-refractivity contribution is 7.91. The second-order valence-electron chi connectivity index (χ2n) is 15.1. The first-order chi connectivity index (χ1) is 24.2. The van der Waals surface area contributed by atoms with Crippen molar-refractivity contribution >= 4 is 21.6 Å². The van der Waals surface area contributed by atoms with E-state index in [2.05, 4.69) is 66.3 Å². The van der Waals surface area contributed by atoms with E-state index in [0.717, 1.165) is 83.5 Å². The predicted octanol–water partition coefficient (Wildman–Crippen LogP) is 4.90. The minimum Gasteiger partial charge on any atom is -0.453 e. The van der Waals surface area contributed by atoms with Gasteiger partial charge in [0.25, 0.3) is 0 Å². The number of carbonyl (C=O) groups excluding carboxylic acids is 1. The third-order valence-electron chi connectivity index (χ3n) is 12.5. The molecular formula is C38H47N7O4S. The number of nitrogens with zero attached hydrogens (tertiary/aromatic N) is 6. The van der Waals surface area contributed by atoms with Crippen LogP contribution in [0.1, 0.15) is 44.1 Å². The maximum Gasteiger partial charge on any atom is 0.407 e. The van der Waals surface area contributed by atoms with Crippen molar-refractivity contribution in [3.63, 3.8) is 0 Å². The fourth-order valence-electron chi connectivity index (χ4n) is 10.2. The van der Waals surface area contributed by atoms with Crippen LogP contribution >= 0.6 is 0 Å². The maximum absolute atomic E-state index is 13.0. The molecule has 50 heavy (non-hydrogen) atoms. The number of amides is 1. The van der Waals surface area contributed by atoms with Crippen LogP contribution in [0.4, 0.5) is 10.5 Å². The van der Waals surface area contributed by atoms with Crippen LogP contribution in [0.15, 0.2) is 95.5 Å². The van der Waals surface area contributed by atoms with Gasteiger partial charge in [0.05, 0.1) is 30.1 Å². The van der Waals surface area contributed by atoms with Gasteiger partial charge in [0.2, 0.25) is 9.84 Å². The summed E-state index contributed by atoms with van der Waals surface area (Å²) >= 11 is 0. The molecule has 4 aromatic rings. The lowest BCUT2D eigenvalue weighted by Gasteiger charge is -2.52. The standard InChI is InChI=1S/C38H47N7O4S/c1-42-25-34(21-40-42)50(47,48)33-11-9-32(10-12-33)45-23-29(24-45)22-43-18-13-31(14-19-43)38(27-44-20-17-39-28-44,30-7-4-3-5-8-30)36-15-6-16-37(36,26-36)41-35(46)49-2/h3-5,7-12,17,20-21,25,28-29,31H,6,13-16,18-19,22-24,26-27H2,1-2H3,(H,41,46)/t36-,37+,38?/m1/s1. The number of anilines is 1. The number of benzene rings is 2. The molecule has 12 heteroatoms. The number of rotatable bonds is 11. The van der Waals surface area contributed by atoms with E-state index >= 15 is 0 Å². The molecule has 0 radical (unpaired) electrons. The topological polar surface area (TPSA) is 115 Å². The molecule has 11 nitrogen and oxygen atoms in total. The second kappa shape index (κ2) is 12.6. The molecule has 0 spiro atoms. The van der Waals surface area contributed by atoms with Crippen LogP contribution in [0.3, 0.4) is 0 Å². The normalized spacial score (nSPS) is 25.4. The van der Waals surface area contributed by atoms with Crippen LogP contribution in [0.5, 0.6) is 0 Å². The summed E-state index contributed by atoms with van der Waals surface area (Å²) in [6.45, 7) is 5.94. The Kier molecular flexibility index (Phi) is 8.29. The molecule has 0 bridgehead atoms. The molecule has 2 aromatic carbocycles. The number of hydrogen-bond donors (Lipinski definition) is 1. The summed E-state index contributed by atoms with van der Waals surface area (Å²) < 4.78 is 34.9. The zero-order valence-corrected chi connectivity index (χ0v) is 29.8. The van der Waals surface area contributed by atoms with Crippen LogP contribution in [-0.4, -0.2) is 84.1 Å². The molecule has 1 unspecified atom stereocenters. The Hall–Kier alpha value is -4.16. The van der Waals surface area contributed by atoms with E-state index in [-0.39, 0.29) is 32.3 Å². The van der Waals surface area contributed by atoms with Crippen molar-refractivity contribution < 1.29 is 17.9 Å². The summed E-state index contributed by atoms with van der Waals surface area (Å²) in [7, 11) is -0.404. The van der Waals surface area contributed by atoms with Gasteiger partial charge in [-0.2, -0.15) is 5.10 Å². The summed E-state index contributed by atoms with van der Waals surface area (Å²) in [6.07, 6.45) is 14.9. The first-order valence-corrected chi connectivity index (χ1v) is 19.3. The van der Waals surface area contributed by atoms with Gasteiger partial charge < -0.3 is 24.4 Å². The Morgan fingerprint density at radius 3 is 2.46 bits per heavy atom. The Balaban J connectivity index is 0.958. The zero-order valence-electron chi connectivity index (χ0n) is 28.9. The molecule has 8 rings (SSSR count). The van der Waals surface area contributed by atoms with Crippen molar-refractivity contribution in [2.75, 3.05) is 44.7 Å². The molecule has 4 fully saturated rings. The highest BCUT2D eigenvalue weighted by atomic mass is 32.2. The number of nitrogens with one attached hydrogen (secondary N) is 1. The molecule has 2 saturated heterocycles. The average molecular weight is 698 g/mol. The molecule has 1 amide bonds. The lowest BCUT2D eigenvalue weighted by molar-refractivity contribution is 0.0442. The average Bonchev–Trinajstić information content (AvgIpc) is 3.59. The van der Waals surface area contributed by atoms with Gasteiger partial charge >= 0.3 is 6.09 Å². The minimum absolute atomic E-state index is 0.0476. The van der Waals surface area contributed by atoms with E-state index in [4.69, 9.17) is 4.74 Å². The minimum atomic E-state index is -3.58.